The fraction of sp³-hybridized carbons (Fsp3) is 0.960. The van der Waals surface area contributed by atoms with Crippen molar-refractivity contribution < 1.29 is 0 Å². The van der Waals surface area contributed by atoms with Crippen molar-refractivity contribution in [1.82, 2.24) is 0 Å². The summed E-state index contributed by atoms with van der Waals surface area (Å²) in [4.78, 5) is 0. The predicted octanol–water partition coefficient (Wildman–Crippen LogP) is 8.58. The van der Waals surface area contributed by atoms with Crippen molar-refractivity contribution in [3.8, 4) is 6.07 Å². The Morgan fingerprint density at radius 2 is 1.27 bits per heavy atom. The van der Waals surface area contributed by atoms with Crippen LogP contribution in [0.2, 0.25) is 0 Å². The number of hydrogen-bond donors (Lipinski definition) is 0. The highest BCUT2D eigenvalue weighted by atomic mass is 14.5. The van der Waals surface area contributed by atoms with Crippen LogP contribution in [0.25, 0.3) is 0 Å². The summed E-state index contributed by atoms with van der Waals surface area (Å²) in [6.45, 7) is 4.62. The van der Waals surface area contributed by atoms with Gasteiger partial charge in [0, 0.05) is 0 Å². The summed E-state index contributed by atoms with van der Waals surface area (Å²) in [6, 6.07) is 2.90. The first kappa shape index (κ1) is 21.8. The summed E-state index contributed by atoms with van der Waals surface area (Å²) in [6.07, 6.45) is 25.9. The molecule has 2 rings (SSSR count). The topological polar surface area (TPSA) is 23.8 Å². The SMILES string of the molecule is CCCCCC1(CC(C#N)C2(CCCCC)CCCCC2)CCCCC1. The zero-order valence-corrected chi connectivity index (χ0v) is 18.0. The van der Waals surface area contributed by atoms with Gasteiger partial charge in [-0.15, -0.1) is 0 Å². The Bertz CT molecular complexity index is 406. The third-order valence-electron chi connectivity index (χ3n) is 7.88. The molecule has 1 heteroatoms. The van der Waals surface area contributed by atoms with Crippen molar-refractivity contribution in [3.05, 3.63) is 0 Å². The molecule has 0 bridgehead atoms. The minimum atomic E-state index is 0.319. The third kappa shape index (κ3) is 6.00. The molecule has 26 heavy (non-hydrogen) atoms. The Hall–Kier alpha value is -0.510. The summed E-state index contributed by atoms with van der Waals surface area (Å²) in [7, 11) is 0. The summed E-state index contributed by atoms with van der Waals surface area (Å²) in [5.74, 6) is 0.319. The first-order chi connectivity index (χ1) is 12.7. The molecule has 0 aromatic heterocycles. The molecule has 2 aliphatic carbocycles. The molecule has 2 aliphatic rings. The lowest BCUT2D eigenvalue weighted by molar-refractivity contribution is 0.0485. The van der Waals surface area contributed by atoms with Gasteiger partial charge in [-0.25, -0.2) is 0 Å². The zero-order chi connectivity index (χ0) is 18.7. The van der Waals surface area contributed by atoms with Gasteiger partial charge in [0.15, 0.2) is 0 Å². The Balaban J connectivity index is 2.11. The van der Waals surface area contributed by atoms with E-state index < -0.39 is 0 Å². The summed E-state index contributed by atoms with van der Waals surface area (Å²) in [5, 5.41) is 10.3. The molecule has 0 aromatic carbocycles. The molecular formula is C25H45N. The molecule has 150 valence electrons. The highest BCUT2D eigenvalue weighted by molar-refractivity contribution is 5.02. The van der Waals surface area contributed by atoms with Crippen LogP contribution in [0.1, 0.15) is 136 Å². The molecule has 0 spiro atoms. The summed E-state index contributed by atoms with van der Waals surface area (Å²) < 4.78 is 0. The number of nitrogens with zero attached hydrogens (tertiary/aromatic N) is 1. The normalized spacial score (nSPS) is 23.3. The highest BCUT2D eigenvalue weighted by Gasteiger charge is 2.44. The van der Waals surface area contributed by atoms with E-state index in [1.807, 2.05) is 0 Å². The molecular weight excluding hydrogens is 314 g/mol. The van der Waals surface area contributed by atoms with Crippen molar-refractivity contribution >= 4 is 0 Å². The van der Waals surface area contributed by atoms with E-state index in [1.54, 1.807) is 0 Å². The Morgan fingerprint density at radius 3 is 1.81 bits per heavy atom. The fourth-order valence-electron chi connectivity index (χ4n) is 6.20. The van der Waals surface area contributed by atoms with Gasteiger partial charge < -0.3 is 0 Å². The van der Waals surface area contributed by atoms with Gasteiger partial charge >= 0.3 is 0 Å². The lowest BCUT2D eigenvalue weighted by Crippen LogP contribution is -2.37. The molecule has 0 aliphatic heterocycles. The van der Waals surface area contributed by atoms with E-state index in [1.165, 1.54) is 122 Å². The number of nitriles is 1. The molecule has 1 nitrogen and oxygen atoms in total. The minimum absolute atomic E-state index is 0.319. The standard InChI is InChI=1S/C25H45N/c1-3-5-9-15-24(16-11-7-12-17-24)21-23(22-26)25(18-10-6-4-2)19-13-8-14-20-25/h23H,3-21H2,1-2H3. The molecule has 2 fully saturated rings. The summed E-state index contributed by atoms with van der Waals surface area (Å²) >= 11 is 0. The molecule has 0 N–H and O–H groups in total. The van der Waals surface area contributed by atoms with Crippen molar-refractivity contribution in [1.29, 1.82) is 5.26 Å². The van der Waals surface area contributed by atoms with E-state index in [9.17, 15) is 5.26 Å². The van der Waals surface area contributed by atoms with Crippen LogP contribution >= 0.6 is 0 Å². The van der Waals surface area contributed by atoms with Crippen LogP contribution in [0, 0.1) is 28.1 Å². The number of hydrogen-bond acceptors (Lipinski definition) is 1. The van der Waals surface area contributed by atoms with Crippen LogP contribution in [0.5, 0.6) is 0 Å². The first-order valence-electron chi connectivity index (χ1n) is 12.1. The molecule has 1 unspecified atom stereocenters. The average molecular weight is 360 g/mol. The van der Waals surface area contributed by atoms with Gasteiger partial charge in [-0.2, -0.15) is 5.26 Å². The van der Waals surface area contributed by atoms with Crippen LogP contribution in [0.3, 0.4) is 0 Å². The molecule has 0 aromatic rings. The molecule has 1 atom stereocenters. The van der Waals surface area contributed by atoms with Crippen LogP contribution in [-0.4, -0.2) is 0 Å². The second-order valence-electron chi connectivity index (χ2n) is 9.78. The maximum atomic E-state index is 10.3. The first-order valence-corrected chi connectivity index (χ1v) is 12.1. The van der Waals surface area contributed by atoms with E-state index in [2.05, 4.69) is 19.9 Å². The van der Waals surface area contributed by atoms with Crippen LogP contribution < -0.4 is 0 Å². The van der Waals surface area contributed by atoms with E-state index in [0.717, 1.165) is 0 Å². The lowest BCUT2D eigenvalue weighted by Gasteiger charge is -2.46. The van der Waals surface area contributed by atoms with Gasteiger partial charge in [0.25, 0.3) is 0 Å². The Labute approximate surface area is 164 Å². The van der Waals surface area contributed by atoms with Crippen molar-refractivity contribution in [2.75, 3.05) is 0 Å². The van der Waals surface area contributed by atoms with Gasteiger partial charge in [0.05, 0.1) is 12.0 Å². The van der Waals surface area contributed by atoms with Crippen LogP contribution in [0.4, 0.5) is 0 Å². The van der Waals surface area contributed by atoms with Gasteiger partial charge in [0.1, 0.15) is 0 Å². The second-order valence-corrected chi connectivity index (χ2v) is 9.78. The van der Waals surface area contributed by atoms with Crippen LogP contribution in [-0.2, 0) is 0 Å². The highest BCUT2D eigenvalue weighted by Crippen LogP contribution is 2.53. The summed E-state index contributed by atoms with van der Waals surface area (Å²) in [5.41, 5.74) is 0.862. The minimum Gasteiger partial charge on any atom is -0.198 e. The Kier molecular flexibility index (Phi) is 9.52. The number of unbranched alkanes of at least 4 members (excludes halogenated alkanes) is 4. The fourth-order valence-corrected chi connectivity index (χ4v) is 6.20. The van der Waals surface area contributed by atoms with Gasteiger partial charge in [-0.05, 0) is 55.8 Å². The molecule has 0 heterocycles. The van der Waals surface area contributed by atoms with E-state index in [4.69, 9.17) is 0 Å². The van der Waals surface area contributed by atoms with E-state index >= 15 is 0 Å². The maximum absolute atomic E-state index is 10.3. The molecule has 0 radical (unpaired) electrons. The predicted molar refractivity (Wildman–Crippen MR) is 113 cm³/mol. The van der Waals surface area contributed by atoms with Crippen molar-refractivity contribution in [2.24, 2.45) is 16.7 Å². The van der Waals surface area contributed by atoms with E-state index in [0.29, 0.717) is 16.7 Å². The van der Waals surface area contributed by atoms with Crippen LogP contribution in [0.15, 0.2) is 0 Å². The van der Waals surface area contributed by atoms with Crippen molar-refractivity contribution in [3.63, 3.8) is 0 Å². The number of rotatable bonds is 11. The quantitative estimate of drug-likeness (QED) is 0.339. The largest absolute Gasteiger partial charge is 0.198 e. The third-order valence-corrected chi connectivity index (χ3v) is 7.88. The molecule has 2 saturated carbocycles. The van der Waals surface area contributed by atoms with Gasteiger partial charge in [-0.1, -0.05) is 90.9 Å². The molecule has 0 saturated heterocycles. The zero-order valence-electron chi connectivity index (χ0n) is 18.0. The van der Waals surface area contributed by atoms with Gasteiger partial charge in [-0.3, -0.25) is 0 Å². The van der Waals surface area contributed by atoms with Gasteiger partial charge in [0.2, 0.25) is 0 Å². The molecule has 0 amide bonds. The smallest absolute Gasteiger partial charge is 0.0661 e. The average Bonchev–Trinajstić information content (AvgIpc) is 2.68. The monoisotopic (exact) mass is 359 g/mol. The second kappa shape index (κ2) is 11.4. The lowest BCUT2D eigenvalue weighted by atomic mass is 9.57. The Morgan fingerprint density at radius 1 is 0.731 bits per heavy atom. The maximum Gasteiger partial charge on any atom is 0.0661 e. The van der Waals surface area contributed by atoms with Crippen molar-refractivity contribution in [2.45, 2.75) is 136 Å². The van der Waals surface area contributed by atoms with E-state index in [-0.39, 0.29) is 0 Å².